The second-order valence-electron chi connectivity index (χ2n) is 9.02. The monoisotopic (exact) mass is 454 g/mol. The van der Waals surface area contributed by atoms with Gasteiger partial charge in [0.25, 0.3) is 0 Å². The first-order valence-electron chi connectivity index (χ1n) is 11.8. The third kappa shape index (κ3) is 4.64. The summed E-state index contributed by atoms with van der Waals surface area (Å²) in [6.45, 7) is 2.65. The molecule has 1 fully saturated rings. The van der Waals surface area contributed by atoms with Crippen molar-refractivity contribution in [3.8, 4) is 5.69 Å². The summed E-state index contributed by atoms with van der Waals surface area (Å²) in [5.74, 6) is 0.854. The average Bonchev–Trinajstić information content (AvgIpc) is 3.00. The molecular formula is C26H29F3N4. The van der Waals surface area contributed by atoms with E-state index in [0.29, 0.717) is 5.69 Å². The minimum absolute atomic E-state index is 0.166. The lowest BCUT2D eigenvalue weighted by Crippen LogP contribution is -2.33. The van der Waals surface area contributed by atoms with E-state index in [1.807, 2.05) is 6.07 Å². The third-order valence-electron chi connectivity index (χ3n) is 6.74. The zero-order chi connectivity index (χ0) is 22.8. The highest BCUT2D eigenvalue weighted by molar-refractivity contribution is 5.55. The topological polar surface area (TPSA) is 33.1 Å². The Balaban J connectivity index is 1.56. The van der Waals surface area contributed by atoms with Gasteiger partial charge in [-0.15, -0.1) is 0 Å². The van der Waals surface area contributed by atoms with Crippen molar-refractivity contribution >= 4 is 5.82 Å². The number of alkyl halides is 3. The van der Waals surface area contributed by atoms with Gasteiger partial charge in [0.1, 0.15) is 5.82 Å². The Bertz CT molecular complexity index is 1090. The molecule has 7 heteroatoms. The van der Waals surface area contributed by atoms with Gasteiger partial charge in [0, 0.05) is 18.7 Å². The van der Waals surface area contributed by atoms with Crippen LogP contribution >= 0.6 is 0 Å². The van der Waals surface area contributed by atoms with Gasteiger partial charge < -0.3 is 5.32 Å². The molecule has 33 heavy (non-hydrogen) atoms. The van der Waals surface area contributed by atoms with Crippen molar-refractivity contribution in [1.82, 2.24) is 14.7 Å². The normalized spacial score (nSPS) is 19.5. The molecule has 0 radical (unpaired) electrons. The van der Waals surface area contributed by atoms with Gasteiger partial charge in [-0.3, -0.25) is 4.90 Å². The second-order valence-corrected chi connectivity index (χ2v) is 9.02. The standard InChI is InChI=1S/C26H29F3N4/c27-26(28,29)20-11-8-12-21(17-20)33-25-22(13-4-6-15-30-25)24(31-33)23-14-5-7-16-32(23)18-19-9-2-1-3-10-19/h1-3,8-12,17,23,30H,4-7,13-16,18H2. The van der Waals surface area contributed by atoms with Crippen LogP contribution in [0.2, 0.25) is 0 Å². The number of nitrogens with zero attached hydrogens (tertiary/aromatic N) is 3. The lowest BCUT2D eigenvalue weighted by Gasteiger charge is -2.35. The molecule has 0 saturated carbocycles. The molecule has 1 atom stereocenters. The molecule has 1 aromatic heterocycles. The van der Waals surface area contributed by atoms with Crippen LogP contribution in [0.25, 0.3) is 5.69 Å². The van der Waals surface area contributed by atoms with E-state index in [0.717, 1.165) is 81.3 Å². The number of halogens is 3. The molecule has 0 amide bonds. The number of piperidine rings is 1. The average molecular weight is 455 g/mol. The van der Waals surface area contributed by atoms with E-state index in [9.17, 15) is 13.2 Å². The number of hydrogen-bond acceptors (Lipinski definition) is 3. The van der Waals surface area contributed by atoms with Crippen LogP contribution in [0.5, 0.6) is 0 Å². The Kier molecular flexibility index (Phi) is 6.15. The molecule has 1 saturated heterocycles. The fourth-order valence-corrected chi connectivity index (χ4v) is 5.11. The number of aromatic nitrogens is 2. The highest BCUT2D eigenvalue weighted by Gasteiger charge is 2.33. The smallest absolute Gasteiger partial charge is 0.370 e. The summed E-state index contributed by atoms with van der Waals surface area (Å²) in [4.78, 5) is 2.49. The molecule has 2 aromatic carbocycles. The minimum atomic E-state index is -4.38. The molecule has 0 aliphatic carbocycles. The van der Waals surface area contributed by atoms with Gasteiger partial charge >= 0.3 is 6.18 Å². The predicted octanol–water partition coefficient (Wildman–Crippen LogP) is 6.37. The lowest BCUT2D eigenvalue weighted by molar-refractivity contribution is -0.137. The molecule has 5 rings (SSSR count). The SMILES string of the molecule is FC(F)(F)c1cccc(-n2nc(C3CCCCN3Cc3ccccc3)c3c2NCCCC3)c1. The maximum absolute atomic E-state index is 13.4. The van der Waals surface area contributed by atoms with Crippen LogP contribution in [-0.4, -0.2) is 27.8 Å². The molecular weight excluding hydrogens is 425 g/mol. The fourth-order valence-electron chi connectivity index (χ4n) is 5.11. The Morgan fingerprint density at radius 3 is 2.64 bits per heavy atom. The molecule has 174 valence electrons. The minimum Gasteiger partial charge on any atom is -0.370 e. The van der Waals surface area contributed by atoms with Crippen molar-refractivity contribution in [3.63, 3.8) is 0 Å². The van der Waals surface area contributed by atoms with Crippen molar-refractivity contribution in [3.05, 3.63) is 77.0 Å². The molecule has 1 N–H and O–H groups in total. The number of likely N-dealkylation sites (tertiary alicyclic amines) is 1. The van der Waals surface area contributed by atoms with Crippen LogP contribution < -0.4 is 5.32 Å². The van der Waals surface area contributed by atoms with Gasteiger partial charge in [0.15, 0.2) is 0 Å². The van der Waals surface area contributed by atoms with Crippen LogP contribution in [0.3, 0.4) is 0 Å². The Hall–Kier alpha value is -2.80. The predicted molar refractivity (Wildman–Crippen MR) is 123 cm³/mol. The van der Waals surface area contributed by atoms with E-state index < -0.39 is 11.7 Å². The Morgan fingerprint density at radius 2 is 1.82 bits per heavy atom. The van der Waals surface area contributed by atoms with E-state index in [-0.39, 0.29) is 6.04 Å². The molecule has 3 heterocycles. The molecule has 1 unspecified atom stereocenters. The van der Waals surface area contributed by atoms with Crippen LogP contribution in [-0.2, 0) is 19.1 Å². The first kappa shape index (κ1) is 22.0. The maximum atomic E-state index is 13.4. The van der Waals surface area contributed by atoms with Gasteiger partial charge in [0.05, 0.1) is 23.0 Å². The molecule has 2 aliphatic rings. The molecule has 0 spiro atoms. The highest BCUT2D eigenvalue weighted by atomic mass is 19.4. The first-order chi connectivity index (χ1) is 16.0. The molecule has 3 aromatic rings. The van der Waals surface area contributed by atoms with Gasteiger partial charge in [-0.25, -0.2) is 4.68 Å². The van der Waals surface area contributed by atoms with Crippen molar-refractivity contribution in [2.75, 3.05) is 18.4 Å². The first-order valence-corrected chi connectivity index (χ1v) is 11.8. The number of hydrogen-bond donors (Lipinski definition) is 1. The number of anilines is 1. The maximum Gasteiger partial charge on any atom is 0.416 e. The van der Waals surface area contributed by atoms with E-state index >= 15 is 0 Å². The molecule has 2 aliphatic heterocycles. The van der Waals surface area contributed by atoms with Crippen molar-refractivity contribution in [2.45, 2.75) is 57.3 Å². The Morgan fingerprint density at radius 1 is 0.970 bits per heavy atom. The summed E-state index contributed by atoms with van der Waals surface area (Å²) in [6.07, 6.45) is 1.89. The number of fused-ring (bicyclic) bond motifs is 1. The van der Waals surface area contributed by atoms with Crippen molar-refractivity contribution in [2.24, 2.45) is 0 Å². The number of benzene rings is 2. The summed E-state index contributed by atoms with van der Waals surface area (Å²) in [6, 6.07) is 16.1. The largest absolute Gasteiger partial charge is 0.416 e. The summed E-state index contributed by atoms with van der Waals surface area (Å²) in [7, 11) is 0. The van der Waals surface area contributed by atoms with Gasteiger partial charge in [0.2, 0.25) is 0 Å². The fraction of sp³-hybridized carbons (Fsp3) is 0.423. The summed E-state index contributed by atoms with van der Waals surface area (Å²) in [5, 5.41) is 8.46. The van der Waals surface area contributed by atoms with E-state index in [2.05, 4.69) is 34.5 Å². The van der Waals surface area contributed by atoms with Gasteiger partial charge in [-0.05, 0) is 62.4 Å². The zero-order valence-corrected chi connectivity index (χ0v) is 18.6. The summed E-state index contributed by atoms with van der Waals surface area (Å²) < 4.78 is 41.9. The van der Waals surface area contributed by atoms with E-state index in [1.54, 1.807) is 10.7 Å². The highest BCUT2D eigenvalue weighted by Crippen LogP contribution is 2.39. The van der Waals surface area contributed by atoms with E-state index in [1.165, 1.54) is 17.7 Å². The van der Waals surface area contributed by atoms with Crippen molar-refractivity contribution < 1.29 is 13.2 Å². The number of nitrogens with one attached hydrogen (secondary N) is 1. The van der Waals surface area contributed by atoms with Crippen LogP contribution in [0.4, 0.5) is 19.0 Å². The van der Waals surface area contributed by atoms with Crippen molar-refractivity contribution in [1.29, 1.82) is 0 Å². The zero-order valence-electron chi connectivity index (χ0n) is 18.6. The summed E-state index contributed by atoms with van der Waals surface area (Å²) >= 11 is 0. The molecule has 4 nitrogen and oxygen atoms in total. The van der Waals surface area contributed by atoms with Gasteiger partial charge in [-0.2, -0.15) is 18.3 Å². The second kappa shape index (κ2) is 9.21. The van der Waals surface area contributed by atoms with Crippen LogP contribution in [0, 0.1) is 0 Å². The third-order valence-corrected chi connectivity index (χ3v) is 6.74. The quantitative estimate of drug-likeness (QED) is 0.498. The lowest BCUT2D eigenvalue weighted by atomic mass is 9.94. The number of rotatable bonds is 4. The van der Waals surface area contributed by atoms with E-state index in [4.69, 9.17) is 5.10 Å². The summed E-state index contributed by atoms with van der Waals surface area (Å²) in [5.41, 5.74) is 3.25. The van der Waals surface area contributed by atoms with Crippen LogP contribution in [0.1, 0.15) is 60.5 Å². The molecule has 0 bridgehead atoms. The van der Waals surface area contributed by atoms with Gasteiger partial charge in [-0.1, -0.05) is 42.8 Å². The Labute approximate surface area is 192 Å². The van der Waals surface area contributed by atoms with Crippen LogP contribution in [0.15, 0.2) is 54.6 Å².